The van der Waals surface area contributed by atoms with Crippen LogP contribution in [0.4, 0.5) is 0 Å². The zero-order valence-electron chi connectivity index (χ0n) is 11.4. The van der Waals surface area contributed by atoms with Crippen LogP contribution in [-0.4, -0.2) is 55.8 Å². The molecule has 114 valence electrons. The molecule has 1 amide bonds. The van der Waals surface area contributed by atoms with Gasteiger partial charge in [-0.1, -0.05) is 6.92 Å². The van der Waals surface area contributed by atoms with Gasteiger partial charge in [-0.15, -0.1) is 0 Å². The molecule has 0 saturated carbocycles. The van der Waals surface area contributed by atoms with Crippen molar-refractivity contribution in [3.8, 4) is 0 Å². The van der Waals surface area contributed by atoms with E-state index in [9.17, 15) is 19.2 Å². The van der Waals surface area contributed by atoms with Crippen LogP contribution in [0.1, 0.15) is 23.8 Å². The molecule has 21 heavy (non-hydrogen) atoms. The van der Waals surface area contributed by atoms with E-state index in [1.165, 1.54) is 0 Å². The molecule has 1 aromatic heterocycles. The van der Waals surface area contributed by atoms with E-state index in [-0.39, 0.29) is 5.69 Å². The highest BCUT2D eigenvalue weighted by Crippen LogP contribution is 2.01. The van der Waals surface area contributed by atoms with E-state index in [1.807, 2.05) is 6.92 Å². The fourth-order valence-electron chi connectivity index (χ4n) is 1.62. The third kappa shape index (κ3) is 4.71. The minimum absolute atomic E-state index is 0.175. The van der Waals surface area contributed by atoms with E-state index in [0.717, 1.165) is 16.8 Å². The molecule has 0 radical (unpaired) electrons. The molecule has 0 aliphatic carbocycles. The Kier molecular flexibility index (Phi) is 5.58. The highest BCUT2D eigenvalue weighted by molar-refractivity contribution is 5.95. The normalized spacial score (nSPS) is 10.1. The van der Waals surface area contributed by atoms with Gasteiger partial charge in [-0.3, -0.25) is 19.2 Å². The Morgan fingerprint density at radius 3 is 2.24 bits per heavy atom. The molecule has 0 aliphatic rings. The van der Waals surface area contributed by atoms with Gasteiger partial charge in [0.1, 0.15) is 18.8 Å². The van der Waals surface area contributed by atoms with Crippen molar-refractivity contribution in [2.45, 2.75) is 19.9 Å². The van der Waals surface area contributed by atoms with Gasteiger partial charge in [0.05, 0.1) is 0 Å². The van der Waals surface area contributed by atoms with Gasteiger partial charge in [-0.25, -0.2) is 4.68 Å². The maximum absolute atomic E-state index is 12.1. The maximum Gasteiger partial charge on any atom is 0.323 e. The molecule has 9 heteroatoms. The summed E-state index contributed by atoms with van der Waals surface area (Å²) in [6, 6.07) is 2.28. The van der Waals surface area contributed by atoms with Gasteiger partial charge in [0, 0.05) is 12.6 Å². The summed E-state index contributed by atoms with van der Waals surface area (Å²) < 4.78 is 1.08. The second-order valence-electron chi connectivity index (χ2n) is 4.23. The number of nitrogens with zero attached hydrogens (tertiary/aromatic N) is 3. The number of carboxylic acid groups (broad SMARTS) is 2. The SMILES string of the molecule is CCCn1nc(C(=O)N(CC(=O)O)CC(=O)O)ccc1=O. The average Bonchev–Trinajstić information content (AvgIpc) is 2.39. The molecular formula is C12H15N3O6. The lowest BCUT2D eigenvalue weighted by molar-refractivity contribution is -0.140. The van der Waals surface area contributed by atoms with E-state index >= 15 is 0 Å². The summed E-state index contributed by atoms with van der Waals surface area (Å²) in [5, 5.41) is 21.3. The van der Waals surface area contributed by atoms with E-state index in [2.05, 4.69) is 5.10 Å². The van der Waals surface area contributed by atoms with Crippen LogP contribution in [0.15, 0.2) is 16.9 Å². The van der Waals surface area contributed by atoms with Crippen LogP contribution in [0.3, 0.4) is 0 Å². The van der Waals surface area contributed by atoms with Gasteiger partial charge in [0.15, 0.2) is 0 Å². The first-order chi connectivity index (χ1) is 9.85. The molecule has 0 saturated heterocycles. The second kappa shape index (κ2) is 7.17. The molecule has 2 N–H and O–H groups in total. The van der Waals surface area contributed by atoms with Crippen LogP contribution < -0.4 is 5.56 Å². The van der Waals surface area contributed by atoms with E-state index in [4.69, 9.17) is 10.2 Å². The summed E-state index contributed by atoms with van der Waals surface area (Å²) >= 11 is 0. The third-order valence-electron chi connectivity index (χ3n) is 2.46. The van der Waals surface area contributed by atoms with Crippen molar-refractivity contribution in [1.82, 2.24) is 14.7 Å². The molecule has 0 bridgehead atoms. The number of rotatable bonds is 7. The number of carboxylic acids is 2. The topological polar surface area (TPSA) is 130 Å². The fraction of sp³-hybridized carbons (Fsp3) is 0.417. The number of amides is 1. The summed E-state index contributed by atoms with van der Waals surface area (Å²) in [6.45, 7) is 0.598. The van der Waals surface area contributed by atoms with Gasteiger partial charge < -0.3 is 15.1 Å². The fourth-order valence-corrected chi connectivity index (χ4v) is 1.62. The standard InChI is InChI=1S/C12H15N3O6/c1-2-5-15-9(16)4-3-8(13-15)12(21)14(6-10(17)18)7-11(19)20/h3-4H,2,5-7H2,1H3,(H,17,18)(H,19,20). The first-order valence-corrected chi connectivity index (χ1v) is 6.16. The summed E-state index contributed by atoms with van der Waals surface area (Å²) in [6.07, 6.45) is 0.624. The number of aryl methyl sites for hydroxylation is 1. The number of carbonyl (C=O) groups is 3. The Morgan fingerprint density at radius 1 is 1.19 bits per heavy atom. The Morgan fingerprint density at radius 2 is 1.76 bits per heavy atom. The lowest BCUT2D eigenvalue weighted by Gasteiger charge is -2.18. The van der Waals surface area contributed by atoms with Gasteiger partial charge in [-0.05, 0) is 12.5 Å². The molecular weight excluding hydrogens is 282 g/mol. The quantitative estimate of drug-likeness (QED) is 0.678. The Hall–Kier alpha value is -2.71. The molecule has 0 unspecified atom stereocenters. The molecule has 1 rings (SSSR count). The Balaban J connectivity index is 3.07. The van der Waals surface area contributed by atoms with Crippen LogP contribution in [0, 0.1) is 0 Å². The van der Waals surface area contributed by atoms with Crippen LogP contribution >= 0.6 is 0 Å². The zero-order valence-corrected chi connectivity index (χ0v) is 11.4. The molecule has 0 aromatic carbocycles. The van der Waals surface area contributed by atoms with Crippen molar-refractivity contribution in [2.75, 3.05) is 13.1 Å². The van der Waals surface area contributed by atoms with Gasteiger partial charge >= 0.3 is 11.9 Å². The van der Waals surface area contributed by atoms with E-state index in [0.29, 0.717) is 17.9 Å². The van der Waals surface area contributed by atoms with Crippen LogP contribution in [-0.2, 0) is 16.1 Å². The van der Waals surface area contributed by atoms with Crippen molar-refractivity contribution >= 4 is 17.8 Å². The Bertz CT molecular complexity index is 593. The maximum atomic E-state index is 12.1. The molecule has 1 aromatic rings. The number of hydrogen-bond acceptors (Lipinski definition) is 5. The lowest BCUT2D eigenvalue weighted by atomic mass is 10.3. The number of aliphatic carboxylic acids is 2. The minimum atomic E-state index is -1.34. The lowest BCUT2D eigenvalue weighted by Crippen LogP contribution is -2.40. The second-order valence-corrected chi connectivity index (χ2v) is 4.23. The summed E-state index contributed by atoms with van der Waals surface area (Å²) in [7, 11) is 0. The van der Waals surface area contributed by atoms with Gasteiger partial charge in [0.25, 0.3) is 11.5 Å². The highest BCUT2D eigenvalue weighted by Gasteiger charge is 2.22. The predicted octanol–water partition coefficient (Wildman–Crippen LogP) is -0.735. The molecule has 0 aliphatic heterocycles. The van der Waals surface area contributed by atoms with Crippen LogP contribution in [0.5, 0.6) is 0 Å². The smallest absolute Gasteiger partial charge is 0.323 e. The number of hydrogen-bond donors (Lipinski definition) is 2. The molecule has 1 heterocycles. The summed E-state index contributed by atoms with van der Waals surface area (Å²) in [4.78, 5) is 45.6. The molecule has 0 atom stereocenters. The first-order valence-electron chi connectivity index (χ1n) is 6.16. The number of carbonyl (C=O) groups excluding carboxylic acids is 1. The van der Waals surface area contributed by atoms with Crippen molar-refractivity contribution in [3.05, 3.63) is 28.2 Å². The van der Waals surface area contributed by atoms with E-state index in [1.54, 1.807) is 0 Å². The van der Waals surface area contributed by atoms with Crippen molar-refractivity contribution in [3.63, 3.8) is 0 Å². The molecule has 0 spiro atoms. The van der Waals surface area contributed by atoms with Crippen molar-refractivity contribution < 1.29 is 24.6 Å². The summed E-state index contributed by atoms with van der Waals surface area (Å²) in [5.74, 6) is -3.54. The third-order valence-corrected chi connectivity index (χ3v) is 2.46. The van der Waals surface area contributed by atoms with Crippen molar-refractivity contribution in [2.24, 2.45) is 0 Å². The monoisotopic (exact) mass is 297 g/mol. The Labute approximate surface area is 119 Å². The highest BCUT2D eigenvalue weighted by atomic mass is 16.4. The largest absolute Gasteiger partial charge is 0.480 e. The predicted molar refractivity (Wildman–Crippen MR) is 70.0 cm³/mol. The minimum Gasteiger partial charge on any atom is -0.480 e. The molecule has 0 fully saturated rings. The van der Waals surface area contributed by atoms with Gasteiger partial charge in [-0.2, -0.15) is 5.10 Å². The van der Waals surface area contributed by atoms with E-state index < -0.39 is 36.5 Å². The average molecular weight is 297 g/mol. The molecule has 9 nitrogen and oxygen atoms in total. The summed E-state index contributed by atoms with van der Waals surface area (Å²) in [5.41, 5.74) is -0.568. The van der Waals surface area contributed by atoms with Crippen LogP contribution in [0.25, 0.3) is 0 Å². The van der Waals surface area contributed by atoms with Crippen molar-refractivity contribution in [1.29, 1.82) is 0 Å². The van der Waals surface area contributed by atoms with Crippen LogP contribution in [0.2, 0.25) is 0 Å². The number of aromatic nitrogens is 2. The zero-order chi connectivity index (χ0) is 16.0. The van der Waals surface area contributed by atoms with Gasteiger partial charge in [0.2, 0.25) is 0 Å². The first kappa shape index (κ1) is 16.3.